The molecule has 208 valence electrons. The molecule has 1 aliphatic heterocycles. The van der Waals surface area contributed by atoms with Gasteiger partial charge in [-0.05, 0) is 66.8 Å². The van der Waals surface area contributed by atoms with Crippen LogP contribution in [-0.2, 0) is 6.54 Å². The minimum absolute atomic E-state index is 0.0664. The number of unbranched alkanes of at least 4 members (excludes halogenated alkanes) is 3. The third-order valence-electron chi connectivity index (χ3n) is 7.45. The van der Waals surface area contributed by atoms with Crippen molar-refractivity contribution in [2.75, 3.05) is 13.7 Å². The number of halogens is 1. The lowest BCUT2D eigenvalue weighted by Gasteiger charge is -2.26. The molecule has 0 aliphatic carbocycles. The zero-order valence-corrected chi connectivity index (χ0v) is 24.1. The van der Waals surface area contributed by atoms with Crippen LogP contribution in [0.3, 0.4) is 0 Å². The van der Waals surface area contributed by atoms with Crippen LogP contribution in [0.1, 0.15) is 77.0 Å². The second-order valence-corrected chi connectivity index (χ2v) is 10.8. The van der Waals surface area contributed by atoms with Gasteiger partial charge in [-0.1, -0.05) is 68.1 Å². The number of ether oxygens (including phenoxy) is 2. The van der Waals surface area contributed by atoms with E-state index in [2.05, 4.69) is 6.92 Å². The van der Waals surface area contributed by atoms with Crippen LogP contribution in [-0.4, -0.2) is 24.5 Å². The molecule has 5 rings (SSSR count). The summed E-state index contributed by atoms with van der Waals surface area (Å²) in [6, 6.07) is 16.1. The average molecular weight is 560 g/mol. The van der Waals surface area contributed by atoms with Gasteiger partial charge in [-0.3, -0.25) is 9.59 Å². The van der Waals surface area contributed by atoms with E-state index in [-0.39, 0.29) is 23.6 Å². The van der Waals surface area contributed by atoms with Gasteiger partial charge in [0, 0.05) is 11.6 Å². The van der Waals surface area contributed by atoms with Crippen molar-refractivity contribution < 1.29 is 18.7 Å². The zero-order chi connectivity index (χ0) is 28.4. The van der Waals surface area contributed by atoms with Crippen molar-refractivity contribution in [3.63, 3.8) is 0 Å². The molecule has 0 saturated carbocycles. The minimum atomic E-state index is -0.687. The van der Waals surface area contributed by atoms with Crippen LogP contribution >= 0.6 is 11.6 Å². The van der Waals surface area contributed by atoms with Crippen LogP contribution < -0.4 is 14.9 Å². The molecule has 1 aliphatic rings. The van der Waals surface area contributed by atoms with Gasteiger partial charge >= 0.3 is 0 Å². The fraction of sp³-hybridized carbons (Fsp3) is 0.333. The number of benzene rings is 3. The van der Waals surface area contributed by atoms with E-state index < -0.39 is 6.04 Å². The molecule has 0 spiro atoms. The number of carbonyl (C=O) groups is 1. The van der Waals surface area contributed by atoms with E-state index >= 15 is 0 Å². The summed E-state index contributed by atoms with van der Waals surface area (Å²) in [5.74, 6) is 0.885. The van der Waals surface area contributed by atoms with E-state index in [0.29, 0.717) is 39.7 Å². The standard InChI is InChI=1S/C33H34ClNO5/c1-5-6-7-10-15-39-26-14-13-22(18-27(26)38-4)29-28-30(36)24-17-20(2)16-21(3)31(24)40-32(28)33(37)35(29)19-23-11-8-9-12-25(23)34/h8-9,11-14,16-18,29H,5-7,10,15,19H2,1-4H3. The van der Waals surface area contributed by atoms with Gasteiger partial charge in [-0.25, -0.2) is 0 Å². The lowest BCUT2D eigenvalue weighted by Crippen LogP contribution is -2.29. The molecule has 0 bridgehead atoms. The Balaban J connectivity index is 1.62. The third kappa shape index (κ3) is 5.20. The Bertz CT molecular complexity index is 1630. The molecule has 7 heteroatoms. The van der Waals surface area contributed by atoms with Crippen molar-refractivity contribution >= 4 is 28.5 Å². The minimum Gasteiger partial charge on any atom is -0.493 e. The second kappa shape index (κ2) is 11.8. The molecule has 3 aromatic carbocycles. The maximum atomic E-state index is 14.0. The third-order valence-corrected chi connectivity index (χ3v) is 7.82. The fourth-order valence-corrected chi connectivity index (χ4v) is 5.67. The molecule has 1 amide bonds. The Hall–Kier alpha value is -3.77. The SMILES string of the molecule is CCCCCCOc1ccc(C2c3c(oc4c(C)cc(C)cc4c3=O)C(=O)N2Cc2ccccc2Cl)cc1OC. The number of rotatable bonds is 10. The van der Waals surface area contributed by atoms with E-state index in [1.54, 1.807) is 18.1 Å². The molecule has 0 fully saturated rings. The second-order valence-electron chi connectivity index (χ2n) is 10.4. The summed E-state index contributed by atoms with van der Waals surface area (Å²) in [4.78, 5) is 29.6. The first kappa shape index (κ1) is 27.8. The normalized spacial score (nSPS) is 14.6. The highest BCUT2D eigenvalue weighted by atomic mass is 35.5. The van der Waals surface area contributed by atoms with E-state index in [0.717, 1.165) is 41.5 Å². The molecule has 1 atom stereocenters. The van der Waals surface area contributed by atoms with Crippen molar-refractivity contribution in [1.29, 1.82) is 0 Å². The highest BCUT2D eigenvalue weighted by molar-refractivity contribution is 6.31. The molecule has 2 heterocycles. The molecular weight excluding hydrogens is 526 g/mol. The Morgan fingerprint density at radius 2 is 1.77 bits per heavy atom. The monoisotopic (exact) mass is 559 g/mol. The van der Waals surface area contributed by atoms with Crippen LogP contribution in [0.2, 0.25) is 5.02 Å². The predicted octanol–water partition coefficient (Wildman–Crippen LogP) is 7.78. The quantitative estimate of drug-likeness (QED) is 0.186. The predicted molar refractivity (Wildman–Crippen MR) is 158 cm³/mol. The molecular formula is C33H34ClNO5. The van der Waals surface area contributed by atoms with Crippen LogP contribution in [0.4, 0.5) is 0 Å². The van der Waals surface area contributed by atoms with E-state index in [4.69, 9.17) is 25.5 Å². The lowest BCUT2D eigenvalue weighted by molar-refractivity contribution is 0.0714. The number of amides is 1. The van der Waals surface area contributed by atoms with Crippen LogP contribution in [0.5, 0.6) is 11.5 Å². The molecule has 1 unspecified atom stereocenters. The summed E-state index contributed by atoms with van der Waals surface area (Å²) >= 11 is 6.50. The molecule has 0 N–H and O–H groups in total. The number of nitrogens with zero attached hydrogens (tertiary/aromatic N) is 1. The number of hydrogen-bond donors (Lipinski definition) is 0. The van der Waals surface area contributed by atoms with E-state index in [1.807, 2.05) is 62.4 Å². The summed E-state index contributed by atoms with van der Waals surface area (Å²) in [7, 11) is 1.59. The first-order chi connectivity index (χ1) is 19.3. The van der Waals surface area contributed by atoms with Gasteiger partial charge in [0.05, 0.1) is 30.7 Å². The van der Waals surface area contributed by atoms with Crippen LogP contribution in [0, 0.1) is 13.8 Å². The number of aryl methyl sites for hydroxylation is 2. The Morgan fingerprint density at radius 1 is 0.975 bits per heavy atom. The van der Waals surface area contributed by atoms with E-state index in [1.165, 1.54) is 6.42 Å². The lowest BCUT2D eigenvalue weighted by atomic mass is 9.96. The van der Waals surface area contributed by atoms with Gasteiger partial charge < -0.3 is 18.8 Å². The zero-order valence-electron chi connectivity index (χ0n) is 23.4. The Kier molecular flexibility index (Phi) is 8.17. The van der Waals surface area contributed by atoms with Crippen LogP contribution in [0.15, 0.2) is 63.8 Å². The largest absolute Gasteiger partial charge is 0.493 e. The number of methoxy groups -OCH3 is 1. The topological polar surface area (TPSA) is 69.0 Å². The summed E-state index contributed by atoms with van der Waals surface area (Å²) < 4.78 is 17.9. The average Bonchev–Trinajstić information content (AvgIpc) is 3.22. The first-order valence-electron chi connectivity index (χ1n) is 13.8. The van der Waals surface area contributed by atoms with Crippen molar-refractivity contribution in [3.8, 4) is 11.5 Å². The van der Waals surface area contributed by atoms with Gasteiger partial charge in [0.15, 0.2) is 16.9 Å². The number of fused-ring (bicyclic) bond motifs is 2. The molecule has 1 aromatic heterocycles. The molecule has 0 saturated heterocycles. The Labute approximate surface area is 239 Å². The molecule has 0 radical (unpaired) electrons. The summed E-state index contributed by atoms with van der Waals surface area (Å²) in [5.41, 5.74) is 3.82. The van der Waals surface area contributed by atoms with Crippen molar-refractivity contribution in [2.45, 2.75) is 59.0 Å². The van der Waals surface area contributed by atoms with Crippen LogP contribution in [0.25, 0.3) is 11.0 Å². The van der Waals surface area contributed by atoms with Crippen molar-refractivity contribution in [2.24, 2.45) is 0 Å². The molecule has 4 aromatic rings. The van der Waals surface area contributed by atoms with Gasteiger partial charge in [0.1, 0.15) is 5.58 Å². The summed E-state index contributed by atoms with van der Waals surface area (Å²) in [6.07, 6.45) is 4.40. The van der Waals surface area contributed by atoms with E-state index in [9.17, 15) is 9.59 Å². The number of hydrogen-bond acceptors (Lipinski definition) is 5. The van der Waals surface area contributed by atoms with Crippen molar-refractivity contribution in [1.82, 2.24) is 4.90 Å². The van der Waals surface area contributed by atoms with Crippen molar-refractivity contribution in [3.05, 3.63) is 103 Å². The van der Waals surface area contributed by atoms with Gasteiger partial charge in [0.2, 0.25) is 5.76 Å². The van der Waals surface area contributed by atoms with Gasteiger partial charge in [-0.15, -0.1) is 0 Å². The fourth-order valence-electron chi connectivity index (χ4n) is 5.48. The maximum Gasteiger partial charge on any atom is 0.291 e. The smallest absolute Gasteiger partial charge is 0.291 e. The maximum absolute atomic E-state index is 14.0. The number of carbonyl (C=O) groups excluding carboxylic acids is 1. The van der Waals surface area contributed by atoms with Gasteiger partial charge in [0.25, 0.3) is 5.91 Å². The first-order valence-corrected chi connectivity index (χ1v) is 14.1. The Morgan fingerprint density at radius 3 is 2.52 bits per heavy atom. The highest BCUT2D eigenvalue weighted by Gasteiger charge is 2.43. The van der Waals surface area contributed by atoms with Gasteiger partial charge in [-0.2, -0.15) is 0 Å². The summed E-state index contributed by atoms with van der Waals surface area (Å²) in [5, 5.41) is 1.01. The highest BCUT2D eigenvalue weighted by Crippen LogP contribution is 2.42. The summed E-state index contributed by atoms with van der Waals surface area (Å²) in [6.45, 7) is 6.80. The molecule has 6 nitrogen and oxygen atoms in total. The molecule has 40 heavy (non-hydrogen) atoms.